The van der Waals surface area contributed by atoms with Crippen molar-refractivity contribution in [3.8, 4) is 0 Å². The van der Waals surface area contributed by atoms with Crippen LogP contribution in [0, 0.1) is 5.82 Å². The molecule has 0 radical (unpaired) electrons. The molecule has 4 rings (SSSR count). The van der Waals surface area contributed by atoms with E-state index in [4.69, 9.17) is 0 Å². The fraction of sp³-hybridized carbons (Fsp3) is 0.286. The third-order valence-electron chi connectivity index (χ3n) is 4.98. The minimum atomic E-state index is -0.103. The molecule has 3 nitrogen and oxygen atoms in total. The number of benzene rings is 2. The van der Waals surface area contributed by atoms with Crippen molar-refractivity contribution in [3.05, 3.63) is 77.9 Å². The molecular weight excluding hydrogens is 313 g/mol. The summed E-state index contributed by atoms with van der Waals surface area (Å²) in [6.07, 6.45) is 3.78. The average molecular weight is 335 g/mol. The highest BCUT2D eigenvalue weighted by Gasteiger charge is 2.18. The van der Waals surface area contributed by atoms with Crippen LogP contribution in [0.3, 0.4) is 0 Å². The number of fused-ring (bicyclic) bond motifs is 1. The van der Waals surface area contributed by atoms with Crippen LogP contribution in [0.4, 0.5) is 4.39 Å². The van der Waals surface area contributed by atoms with Crippen LogP contribution in [-0.4, -0.2) is 41.0 Å². The number of pyridine rings is 1. The van der Waals surface area contributed by atoms with E-state index in [-0.39, 0.29) is 5.82 Å². The summed E-state index contributed by atoms with van der Waals surface area (Å²) in [7, 11) is 0. The van der Waals surface area contributed by atoms with E-state index in [0.717, 1.165) is 38.3 Å². The quantitative estimate of drug-likeness (QED) is 0.725. The smallest absolute Gasteiger partial charge is 0.127 e. The van der Waals surface area contributed by atoms with Crippen LogP contribution in [0.5, 0.6) is 0 Å². The minimum Gasteiger partial charge on any atom is -0.297 e. The molecule has 0 spiro atoms. The Balaban J connectivity index is 1.38. The molecule has 1 aromatic heterocycles. The summed E-state index contributed by atoms with van der Waals surface area (Å²) in [6.45, 7) is 5.61. The van der Waals surface area contributed by atoms with E-state index in [1.54, 1.807) is 12.1 Å². The zero-order chi connectivity index (χ0) is 17.1. The summed E-state index contributed by atoms with van der Waals surface area (Å²) in [4.78, 5) is 9.02. The summed E-state index contributed by atoms with van der Waals surface area (Å²) in [6, 6.07) is 15.6. The number of aromatic nitrogens is 1. The van der Waals surface area contributed by atoms with Gasteiger partial charge < -0.3 is 0 Å². The zero-order valence-corrected chi connectivity index (χ0v) is 14.2. The van der Waals surface area contributed by atoms with E-state index in [1.807, 2.05) is 24.5 Å². The maximum Gasteiger partial charge on any atom is 0.127 e. The first-order chi connectivity index (χ1) is 12.3. The molecule has 2 heterocycles. The summed E-state index contributed by atoms with van der Waals surface area (Å²) >= 11 is 0. The predicted molar refractivity (Wildman–Crippen MR) is 98.7 cm³/mol. The van der Waals surface area contributed by atoms with Gasteiger partial charge in [-0.25, -0.2) is 4.39 Å². The molecular formula is C21H22FN3. The summed E-state index contributed by atoms with van der Waals surface area (Å²) < 4.78 is 13.8. The molecule has 1 aliphatic heterocycles. The van der Waals surface area contributed by atoms with Gasteiger partial charge in [0.25, 0.3) is 0 Å². The van der Waals surface area contributed by atoms with Crippen molar-refractivity contribution in [1.29, 1.82) is 0 Å². The van der Waals surface area contributed by atoms with E-state index >= 15 is 0 Å². The number of nitrogens with zero attached hydrogens (tertiary/aromatic N) is 3. The van der Waals surface area contributed by atoms with Gasteiger partial charge in [-0.1, -0.05) is 36.4 Å². The Morgan fingerprint density at radius 1 is 0.800 bits per heavy atom. The average Bonchev–Trinajstić information content (AvgIpc) is 2.65. The van der Waals surface area contributed by atoms with Crippen LogP contribution >= 0.6 is 0 Å². The van der Waals surface area contributed by atoms with Crippen molar-refractivity contribution in [2.75, 3.05) is 26.2 Å². The highest BCUT2D eigenvalue weighted by molar-refractivity contribution is 5.84. The molecule has 3 aromatic rings. The Morgan fingerprint density at radius 2 is 1.48 bits per heavy atom. The monoisotopic (exact) mass is 335 g/mol. The normalized spacial score (nSPS) is 16.4. The first kappa shape index (κ1) is 16.2. The van der Waals surface area contributed by atoms with Crippen LogP contribution in [0.2, 0.25) is 0 Å². The van der Waals surface area contributed by atoms with Gasteiger partial charge in [0.05, 0.1) is 0 Å². The van der Waals surface area contributed by atoms with Gasteiger partial charge in [-0.2, -0.15) is 0 Å². The third-order valence-corrected chi connectivity index (χ3v) is 4.98. The molecule has 0 amide bonds. The van der Waals surface area contributed by atoms with Crippen LogP contribution in [0.25, 0.3) is 10.8 Å². The van der Waals surface area contributed by atoms with Gasteiger partial charge in [-0.15, -0.1) is 0 Å². The van der Waals surface area contributed by atoms with E-state index in [0.29, 0.717) is 6.54 Å². The molecule has 0 atom stereocenters. The van der Waals surface area contributed by atoms with Crippen molar-refractivity contribution in [1.82, 2.24) is 14.8 Å². The summed E-state index contributed by atoms with van der Waals surface area (Å²) in [5.41, 5.74) is 2.14. The van der Waals surface area contributed by atoms with Crippen molar-refractivity contribution < 1.29 is 4.39 Å². The van der Waals surface area contributed by atoms with Gasteiger partial charge >= 0.3 is 0 Å². The predicted octanol–water partition coefficient (Wildman–Crippen LogP) is 3.69. The van der Waals surface area contributed by atoms with Crippen molar-refractivity contribution in [3.63, 3.8) is 0 Å². The maximum atomic E-state index is 13.8. The fourth-order valence-corrected chi connectivity index (χ4v) is 3.54. The van der Waals surface area contributed by atoms with Gasteiger partial charge in [-0.05, 0) is 23.1 Å². The minimum absolute atomic E-state index is 0.103. The van der Waals surface area contributed by atoms with E-state index in [2.05, 4.69) is 39.0 Å². The largest absolute Gasteiger partial charge is 0.297 e. The Bertz CT molecular complexity index is 851. The lowest BCUT2D eigenvalue weighted by molar-refractivity contribution is 0.121. The van der Waals surface area contributed by atoms with E-state index in [1.165, 1.54) is 16.3 Å². The van der Waals surface area contributed by atoms with Gasteiger partial charge in [0.15, 0.2) is 0 Å². The molecule has 1 fully saturated rings. The molecule has 4 heteroatoms. The van der Waals surface area contributed by atoms with Gasteiger partial charge in [-0.3, -0.25) is 14.8 Å². The molecule has 0 N–H and O–H groups in total. The van der Waals surface area contributed by atoms with Crippen molar-refractivity contribution in [2.45, 2.75) is 13.1 Å². The van der Waals surface area contributed by atoms with Gasteiger partial charge in [0.1, 0.15) is 5.82 Å². The Hall–Kier alpha value is -2.30. The molecule has 2 aromatic carbocycles. The second-order valence-electron chi connectivity index (χ2n) is 6.66. The highest BCUT2D eigenvalue weighted by atomic mass is 19.1. The number of hydrogen-bond acceptors (Lipinski definition) is 3. The highest BCUT2D eigenvalue weighted by Crippen LogP contribution is 2.20. The lowest BCUT2D eigenvalue weighted by Gasteiger charge is -2.35. The Morgan fingerprint density at radius 3 is 2.24 bits per heavy atom. The molecule has 1 aliphatic rings. The zero-order valence-electron chi connectivity index (χ0n) is 14.2. The molecule has 0 unspecified atom stereocenters. The van der Waals surface area contributed by atoms with Crippen LogP contribution in [0.1, 0.15) is 11.1 Å². The Labute approximate surface area is 147 Å². The van der Waals surface area contributed by atoms with E-state index < -0.39 is 0 Å². The van der Waals surface area contributed by atoms with Gasteiger partial charge in [0.2, 0.25) is 0 Å². The number of rotatable bonds is 4. The SMILES string of the molecule is Fc1ccccc1CN1CCN(Cc2cccc3cnccc23)CC1. The van der Waals surface area contributed by atoms with Crippen LogP contribution in [0.15, 0.2) is 60.9 Å². The number of piperazine rings is 1. The lowest BCUT2D eigenvalue weighted by atomic mass is 10.1. The molecule has 0 bridgehead atoms. The van der Waals surface area contributed by atoms with Gasteiger partial charge in [0, 0.05) is 62.6 Å². The molecule has 128 valence electrons. The molecule has 0 saturated carbocycles. The van der Waals surface area contributed by atoms with Crippen molar-refractivity contribution in [2.24, 2.45) is 0 Å². The topological polar surface area (TPSA) is 19.4 Å². The third kappa shape index (κ3) is 3.70. The first-order valence-corrected chi connectivity index (χ1v) is 8.79. The number of halogens is 1. The second kappa shape index (κ2) is 7.30. The van der Waals surface area contributed by atoms with E-state index in [9.17, 15) is 4.39 Å². The van der Waals surface area contributed by atoms with Crippen LogP contribution in [-0.2, 0) is 13.1 Å². The first-order valence-electron chi connectivity index (χ1n) is 8.79. The molecule has 0 aliphatic carbocycles. The molecule has 25 heavy (non-hydrogen) atoms. The maximum absolute atomic E-state index is 13.8. The molecule has 1 saturated heterocycles. The summed E-state index contributed by atoms with van der Waals surface area (Å²) in [5, 5.41) is 2.48. The van der Waals surface area contributed by atoms with Crippen LogP contribution < -0.4 is 0 Å². The van der Waals surface area contributed by atoms with Crippen molar-refractivity contribution >= 4 is 10.8 Å². The Kier molecular flexibility index (Phi) is 4.72. The number of hydrogen-bond donors (Lipinski definition) is 0. The summed E-state index contributed by atoms with van der Waals surface area (Å²) in [5.74, 6) is -0.103. The second-order valence-corrected chi connectivity index (χ2v) is 6.66. The lowest BCUT2D eigenvalue weighted by Crippen LogP contribution is -2.45. The fourth-order valence-electron chi connectivity index (χ4n) is 3.54. The standard InChI is InChI=1S/C21H22FN3/c22-21-7-2-1-4-19(21)16-25-12-10-24(11-13-25)15-18-6-3-5-17-14-23-9-8-20(17)18/h1-9,14H,10-13,15-16H2.